The molecule has 9 heteroatoms. The molecule has 1 aromatic heterocycles. The lowest BCUT2D eigenvalue weighted by molar-refractivity contribution is -0.384. The first-order valence-electron chi connectivity index (χ1n) is 17.1. The number of nitro groups is 1. The molecule has 0 amide bonds. The Hall–Kier alpha value is -6.84. The number of ether oxygens (including phenoxy) is 1. The number of rotatable bonds is 14. The molecule has 0 spiro atoms. The van der Waals surface area contributed by atoms with Crippen molar-refractivity contribution in [2.45, 2.75) is 24.5 Å². The van der Waals surface area contributed by atoms with Crippen molar-refractivity contribution in [3.05, 3.63) is 226 Å². The number of non-ortho nitro benzene ring substituents is 1. The van der Waals surface area contributed by atoms with Crippen molar-refractivity contribution in [1.29, 1.82) is 0 Å². The maximum absolute atomic E-state index is 11.6. The van der Waals surface area contributed by atoms with Gasteiger partial charge in [-0.2, -0.15) is 0 Å². The SMILES string of the molecule is O=C(O)c1cccc(Oc2cccc(CN(Cc3ccc([N+](=O)[O-])cc3)C(c3cnc[nH]3)C(c3ccccc3)(c3ccccc3)c3ccccc3)c2)c1. The van der Waals surface area contributed by atoms with Crippen molar-refractivity contribution in [3.63, 3.8) is 0 Å². The van der Waals surface area contributed by atoms with E-state index < -0.39 is 22.3 Å². The molecule has 2 N–H and O–H groups in total. The van der Waals surface area contributed by atoms with Crippen molar-refractivity contribution in [1.82, 2.24) is 14.9 Å². The molecule has 1 unspecified atom stereocenters. The molecule has 262 valence electrons. The number of hydrogen-bond acceptors (Lipinski definition) is 6. The molecule has 6 aromatic carbocycles. The van der Waals surface area contributed by atoms with E-state index in [4.69, 9.17) is 4.74 Å². The maximum atomic E-state index is 11.6. The average molecular weight is 701 g/mol. The Kier molecular flexibility index (Phi) is 10.2. The summed E-state index contributed by atoms with van der Waals surface area (Å²) in [5.41, 5.74) is 5.28. The van der Waals surface area contributed by atoms with Crippen LogP contribution in [-0.2, 0) is 18.5 Å². The van der Waals surface area contributed by atoms with E-state index in [-0.39, 0.29) is 11.3 Å². The van der Waals surface area contributed by atoms with E-state index >= 15 is 0 Å². The molecule has 0 saturated heterocycles. The number of imidazole rings is 1. The minimum Gasteiger partial charge on any atom is -0.478 e. The van der Waals surface area contributed by atoms with Crippen LogP contribution in [0.1, 0.15) is 49.9 Å². The number of carboxylic acids is 1. The lowest BCUT2D eigenvalue weighted by Crippen LogP contribution is -2.46. The molecule has 1 heterocycles. The normalized spacial score (nSPS) is 11.9. The highest BCUT2D eigenvalue weighted by Gasteiger charge is 2.48. The van der Waals surface area contributed by atoms with Gasteiger partial charge in [-0.1, -0.05) is 121 Å². The smallest absolute Gasteiger partial charge is 0.335 e. The number of aromatic nitrogens is 2. The first kappa shape index (κ1) is 34.6. The summed E-state index contributed by atoms with van der Waals surface area (Å²) in [4.78, 5) is 33.2. The van der Waals surface area contributed by atoms with Crippen LogP contribution < -0.4 is 4.74 Å². The number of carboxylic acid groups (broad SMARTS) is 1. The second-order valence-electron chi connectivity index (χ2n) is 12.7. The van der Waals surface area contributed by atoms with Crippen LogP contribution >= 0.6 is 0 Å². The highest BCUT2D eigenvalue weighted by atomic mass is 16.6. The van der Waals surface area contributed by atoms with Crippen molar-refractivity contribution >= 4 is 11.7 Å². The van der Waals surface area contributed by atoms with Gasteiger partial charge in [0.2, 0.25) is 0 Å². The Morgan fingerprint density at radius 3 is 1.79 bits per heavy atom. The molecule has 9 nitrogen and oxygen atoms in total. The minimum absolute atomic E-state index is 0.0226. The fraction of sp³-hybridized carbons (Fsp3) is 0.0909. The molecule has 53 heavy (non-hydrogen) atoms. The van der Waals surface area contributed by atoms with Gasteiger partial charge in [-0.05, 0) is 58.1 Å². The number of aromatic amines is 1. The lowest BCUT2D eigenvalue weighted by atomic mass is 9.63. The maximum Gasteiger partial charge on any atom is 0.335 e. The Labute approximate surface area is 307 Å². The first-order chi connectivity index (χ1) is 25.9. The molecule has 0 aliphatic carbocycles. The number of nitrogens with zero attached hydrogens (tertiary/aromatic N) is 3. The fourth-order valence-corrected chi connectivity index (χ4v) is 7.16. The van der Waals surface area contributed by atoms with Gasteiger partial charge in [0.05, 0.1) is 34.0 Å². The van der Waals surface area contributed by atoms with E-state index in [9.17, 15) is 20.0 Å². The molecular formula is C44H36N4O5. The van der Waals surface area contributed by atoms with E-state index in [0.717, 1.165) is 33.5 Å². The minimum atomic E-state index is -1.03. The molecule has 0 radical (unpaired) electrons. The third-order valence-corrected chi connectivity index (χ3v) is 9.41. The van der Waals surface area contributed by atoms with Gasteiger partial charge in [-0.3, -0.25) is 15.0 Å². The van der Waals surface area contributed by atoms with Crippen LogP contribution in [0.5, 0.6) is 11.5 Å². The Balaban J connectivity index is 1.42. The van der Waals surface area contributed by atoms with Crippen LogP contribution in [0.25, 0.3) is 0 Å². The number of aromatic carboxylic acids is 1. The highest BCUT2D eigenvalue weighted by molar-refractivity contribution is 5.88. The van der Waals surface area contributed by atoms with E-state index in [1.165, 1.54) is 24.3 Å². The molecule has 0 aliphatic rings. The second-order valence-corrected chi connectivity index (χ2v) is 12.7. The number of H-pyrrole nitrogens is 1. The van der Waals surface area contributed by atoms with Gasteiger partial charge in [0, 0.05) is 31.4 Å². The molecule has 7 aromatic rings. The number of benzene rings is 6. The molecule has 0 saturated carbocycles. The predicted molar refractivity (Wildman–Crippen MR) is 203 cm³/mol. The van der Waals surface area contributed by atoms with Crippen molar-refractivity contribution in [2.75, 3.05) is 0 Å². The zero-order valence-electron chi connectivity index (χ0n) is 28.7. The summed E-state index contributed by atoms with van der Waals surface area (Å²) in [6, 6.07) is 51.8. The second kappa shape index (κ2) is 15.6. The highest BCUT2D eigenvalue weighted by Crippen LogP contribution is 2.51. The van der Waals surface area contributed by atoms with Gasteiger partial charge in [0.1, 0.15) is 11.5 Å². The third kappa shape index (κ3) is 7.46. The van der Waals surface area contributed by atoms with Gasteiger partial charge < -0.3 is 14.8 Å². The Bertz CT molecular complexity index is 2180. The fourth-order valence-electron chi connectivity index (χ4n) is 7.16. The topological polar surface area (TPSA) is 122 Å². The summed E-state index contributed by atoms with van der Waals surface area (Å²) >= 11 is 0. The summed E-state index contributed by atoms with van der Waals surface area (Å²) in [6.45, 7) is 0.850. The van der Waals surface area contributed by atoms with E-state index in [1.54, 1.807) is 30.6 Å². The summed E-state index contributed by atoms with van der Waals surface area (Å²) in [5, 5.41) is 21.1. The monoisotopic (exact) mass is 700 g/mol. The molecule has 7 rings (SSSR count). The third-order valence-electron chi connectivity index (χ3n) is 9.41. The van der Waals surface area contributed by atoms with Crippen LogP contribution in [0.15, 0.2) is 176 Å². The molecular weight excluding hydrogens is 665 g/mol. The Morgan fingerprint density at radius 2 is 1.26 bits per heavy atom. The summed E-state index contributed by atoms with van der Waals surface area (Å²) in [5.74, 6) is -0.0649. The summed E-state index contributed by atoms with van der Waals surface area (Å²) < 4.78 is 6.19. The van der Waals surface area contributed by atoms with Crippen LogP contribution in [0.4, 0.5) is 5.69 Å². The van der Waals surface area contributed by atoms with Crippen LogP contribution in [-0.4, -0.2) is 30.9 Å². The van der Waals surface area contributed by atoms with E-state index in [2.05, 4.69) is 87.7 Å². The standard InChI is InChI=1S/C44H36N4O5/c49-43(50)34-13-11-21-40(27-34)53-39-20-10-12-33(26-39)30-47(29-32-22-24-38(25-23-32)48(51)52)42(41-28-45-31-46-41)44(35-14-4-1-5-15-35,36-16-6-2-7-17-36)37-18-8-3-9-19-37/h1-28,31,42H,29-30H2,(H,45,46)(H,49,50). The van der Waals surface area contributed by atoms with Gasteiger partial charge in [-0.15, -0.1) is 0 Å². The van der Waals surface area contributed by atoms with Gasteiger partial charge in [0.15, 0.2) is 0 Å². The van der Waals surface area contributed by atoms with Crippen molar-refractivity contribution in [2.24, 2.45) is 0 Å². The van der Waals surface area contributed by atoms with Gasteiger partial charge >= 0.3 is 5.97 Å². The molecule has 0 fully saturated rings. The van der Waals surface area contributed by atoms with Gasteiger partial charge in [0.25, 0.3) is 5.69 Å². The predicted octanol–water partition coefficient (Wildman–Crippen LogP) is 9.59. The Morgan fingerprint density at radius 1 is 0.717 bits per heavy atom. The number of hydrogen-bond donors (Lipinski definition) is 2. The van der Waals surface area contributed by atoms with Crippen molar-refractivity contribution in [3.8, 4) is 11.5 Å². The number of nitrogens with one attached hydrogen (secondary N) is 1. The van der Waals surface area contributed by atoms with E-state index in [1.807, 2.05) is 48.7 Å². The number of nitro benzene ring substituents is 1. The zero-order valence-corrected chi connectivity index (χ0v) is 28.7. The van der Waals surface area contributed by atoms with Gasteiger partial charge in [-0.25, -0.2) is 9.78 Å². The average Bonchev–Trinajstić information content (AvgIpc) is 3.73. The zero-order chi connectivity index (χ0) is 36.6. The number of carbonyl (C=O) groups is 1. The summed E-state index contributed by atoms with van der Waals surface area (Å²) in [6.07, 6.45) is 3.56. The lowest BCUT2D eigenvalue weighted by Gasteiger charge is -2.47. The molecule has 1 atom stereocenters. The van der Waals surface area contributed by atoms with E-state index in [0.29, 0.717) is 24.6 Å². The first-order valence-corrected chi connectivity index (χ1v) is 17.1. The molecule has 0 aliphatic heterocycles. The summed E-state index contributed by atoms with van der Waals surface area (Å²) in [7, 11) is 0. The van der Waals surface area contributed by atoms with Crippen LogP contribution in [0.2, 0.25) is 0 Å². The quantitative estimate of drug-likeness (QED) is 0.0658. The van der Waals surface area contributed by atoms with Crippen LogP contribution in [0, 0.1) is 10.1 Å². The van der Waals surface area contributed by atoms with Crippen LogP contribution in [0.3, 0.4) is 0 Å². The van der Waals surface area contributed by atoms with Crippen molar-refractivity contribution < 1.29 is 19.6 Å². The largest absolute Gasteiger partial charge is 0.478 e. The molecule has 0 bridgehead atoms.